The summed E-state index contributed by atoms with van der Waals surface area (Å²) in [6.45, 7) is 4.65. The molecule has 2 heterocycles. The molecule has 0 aromatic heterocycles. The molecule has 1 aromatic carbocycles. The fourth-order valence-electron chi connectivity index (χ4n) is 4.88. The zero-order valence-corrected chi connectivity index (χ0v) is 18.5. The molecule has 0 radical (unpaired) electrons. The number of amides is 2. The van der Waals surface area contributed by atoms with Gasteiger partial charge < -0.3 is 20.2 Å². The van der Waals surface area contributed by atoms with Gasteiger partial charge in [-0.15, -0.1) is 0 Å². The fraction of sp³-hybridized carbons (Fsp3) is 0.636. The Morgan fingerprint density at radius 1 is 1.07 bits per heavy atom. The molecule has 4 rings (SSSR count). The lowest BCUT2D eigenvalue weighted by Crippen LogP contribution is -2.42. The van der Waals surface area contributed by atoms with Crippen LogP contribution in [0.5, 0.6) is 0 Å². The molecule has 1 saturated carbocycles. The number of nitrogens with zero attached hydrogens (tertiary/aromatic N) is 2. The Labute approximate surface area is 187 Å². The topological polar surface area (TPSA) is 72.9 Å². The lowest BCUT2D eigenvalue weighted by atomic mass is 9.89. The number of halogens is 2. The molecule has 3 aliphatic rings. The maximum Gasteiger partial charge on any atom is 0.404 e. The summed E-state index contributed by atoms with van der Waals surface area (Å²) in [5, 5.41) is 12.5. The first-order valence-electron chi connectivity index (χ1n) is 10.8. The van der Waals surface area contributed by atoms with E-state index in [9.17, 15) is 9.59 Å². The van der Waals surface area contributed by atoms with Crippen LogP contribution in [0.2, 0.25) is 10.0 Å². The SMILES string of the molecule is O=C(O)NC[C@H]1CN(C(=O)C2CCN(CC3CC3)CC2)C[C@H]1c1ccc(Cl)c(Cl)c1. The Hall–Kier alpha value is -1.50. The number of hydrogen-bond acceptors (Lipinski definition) is 3. The first-order valence-corrected chi connectivity index (χ1v) is 11.6. The van der Waals surface area contributed by atoms with Crippen LogP contribution in [0.3, 0.4) is 0 Å². The van der Waals surface area contributed by atoms with Crippen LogP contribution in [0, 0.1) is 17.8 Å². The van der Waals surface area contributed by atoms with Crippen molar-refractivity contribution in [1.82, 2.24) is 15.1 Å². The van der Waals surface area contributed by atoms with Crippen molar-refractivity contribution in [3.8, 4) is 0 Å². The van der Waals surface area contributed by atoms with Gasteiger partial charge >= 0.3 is 6.09 Å². The van der Waals surface area contributed by atoms with Crippen LogP contribution >= 0.6 is 23.2 Å². The van der Waals surface area contributed by atoms with E-state index >= 15 is 0 Å². The smallest absolute Gasteiger partial charge is 0.404 e. The maximum absolute atomic E-state index is 13.2. The Morgan fingerprint density at radius 3 is 2.43 bits per heavy atom. The monoisotopic (exact) mass is 453 g/mol. The van der Waals surface area contributed by atoms with E-state index in [4.69, 9.17) is 28.3 Å². The number of piperidine rings is 1. The predicted octanol–water partition coefficient (Wildman–Crippen LogP) is 3.93. The molecule has 2 amide bonds. The molecule has 2 N–H and O–H groups in total. The van der Waals surface area contributed by atoms with Crippen LogP contribution < -0.4 is 5.32 Å². The summed E-state index contributed by atoms with van der Waals surface area (Å²) in [4.78, 5) is 28.7. The highest BCUT2D eigenvalue weighted by molar-refractivity contribution is 6.42. The van der Waals surface area contributed by atoms with Crippen molar-refractivity contribution >= 4 is 35.2 Å². The van der Waals surface area contributed by atoms with Crippen LogP contribution in [0.15, 0.2) is 18.2 Å². The number of hydrogen-bond donors (Lipinski definition) is 2. The van der Waals surface area contributed by atoms with Gasteiger partial charge in [0, 0.05) is 43.9 Å². The van der Waals surface area contributed by atoms with Crippen LogP contribution in [0.1, 0.15) is 37.2 Å². The molecule has 0 spiro atoms. The Balaban J connectivity index is 1.41. The average Bonchev–Trinajstić information content (AvgIpc) is 3.44. The van der Waals surface area contributed by atoms with E-state index in [1.807, 2.05) is 17.0 Å². The zero-order valence-electron chi connectivity index (χ0n) is 17.0. The molecule has 0 bridgehead atoms. The first kappa shape index (κ1) is 21.7. The first-order chi connectivity index (χ1) is 14.4. The summed E-state index contributed by atoms with van der Waals surface area (Å²) >= 11 is 12.3. The van der Waals surface area contributed by atoms with Crippen molar-refractivity contribution in [2.24, 2.45) is 17.8 Å². The van der Waals surface area contributed by atoms with Gasteiger partial charge in [0.2, 0.25) is 5.91 Å². The van der Waals surface area contributed by atoms with Crippen LogP contribution in [-0.2, 0) is 4.79 Å². The number of likely N-dealkylation sites (tertiary alicyclic amines) is 2. The van der Waals surface area contributed by atoms with Crippen LogP contribution in [0.25, 0.3) is 0 Å². The summed E-state index contributed by atoms with van der Waals surface area (Å²) in [6.07, 6.45) is 3.49. The van der Waals surface area contributed by atoms with E-state index in [0.717, 1.165) is 37.4 Å². The second-order valence-electron chi connectivity index (χ2n) is 8.99. The molecule has 0 unspecified atom stereocenters. The van der Waals surface area contributed by atoms with E-state index in [1.54, 1.807) is 6.07 Å². The van der Waals surface area contributed by atoms with Crippen molar-refractivity contribution in [3.05, 3.63) is 33.8 Å². The van der Waals surface area contributed by atoms with Gasteiger partial charge in [0.25, 0.3) is 0 Å². The minimum atomic E-state index is -1.05. The largest absolute Gasteiger partial charge is 0.465 e. The summed E-state index contributed by atoms with van der Waals surface area (Å²) in [6, 6.07) is 5.53. The van der Waals surface area contributed by atoms with E-state index in [-0.39, 0.29) is 23.7 Å². The molecule has 3 fully saturated rings. The van der Waals surface area contributed by atoms with Crippen molar-refractivity contribution in [2.75, 3.05) is 39.3 Å². The van der Waals surface area contributed by atoms with Gasteiger partial charge in [-0.25, -0.2) is 4.79 Å². The lowest BCUT2D eigenvalue weighted by Gasteiger charge is -2.33. The molecule has 1 aromatic rings. The molecule has 164 valence electrons. The van der Waals surface area contributed by atoms with Crippen molar-refractivity contribution in [1.29, 1.82) is 0 Å². The summed E-state index contributed by atoms with van der Waals surface area (Å²) in [5.41, 5.74) is 0.996. The van der Waals surface area contributed by atoms with E-state index in [2.05, 4.69) is 10.2 Å². The molecule has 2 atom stereocenters. The quantitative estimate of drug-likeness (QED) is 0.684. The van der Waals surface area contributed by atoms with Crippen molar-refractivity contribution in [3.63, 3.8) is 0 Å². The molecular weight excluding hydrogens is 425 g/mol. The standard InChI is InChI=1S/C22H29Cl2N3O3/c23-19-4-3-16(9-20(19)24)18-13-27(12-17(18)10-25-22(29)30)21(28)15-5-7-26(8-6-15)11-14-1-2-14/h3-4,9,14-15,17-18,25H,1-2,5-8,10-13H2,(H,29,30)/t17-,18-/m0/s1. The molecular formula is C22H29Cl2N3O3. The lowest BCUT2D eigenvalue weighted by molar-refractivity contribution is -0.136. The maximum atomic E-state index is 13.2. The summed E-state index contributed by atoms with van der Waals surface area (Å²) in [7, 11) is 0. The van der Waals surface area contributed by atoms with E-state index in [0.29, 0.717) is 29.7 Å². The van der Waals surface area contributed by atoms with Gasteiger partial charge in [0.15, 0.2) is 0 Å². The van der Waals surface area contributed by atoms with Gasteiger partial charge in [-0.3, -0.25) is 4.79 Å². The van der Waals surface area contributed by atoms with Gasteiger partial charge in [-0.05, 0) is 62.4 Å². The third-order valence-electron chi connectivity index (χ3n) is 6.79. The van der Waals surface area contributed by atoms with E-state index < -0.39 is 6.09 Å². The molecule has 6 nitrogen and oxygen atoms in total. The molecule has 8 heteroatoms. The third kappa shape index (κ3) is 5.21. The molecule has 2 saturated heterocycles. The number of carbonyl (C=O) groups excluding carboxylic acids is 1. The normalized spacial score (nSPS) is 25.5. The molecule has 30 heavy (non-hydrogen) atoms. The number of rotatable bonds is 6. The Morgan fingerprint density at radius 2 is 1.80 bits per heavy atom. The predicted molar refractivity (Wildman–Crippen MR) is 117 cm³/mol. The fourth-order valence-corrected chi connectivity index (χ4v) is 5.19. The highest BCUT2D eigenvalue weighted by Crippen LogP contribution is 2.37. The van der Waals surface area contributed by atoms with Crippen LogP contribution in [0.4, 0.5) is 4.79 Å². The zero-order chi connectivity index (χ0) is 21.3. The summed E-state index contributed by atoms with van der Waals surface area (Å²) in [5.74, 6) is 1.21. The number of carboxylic acid groups (broad SMARTS) is 1. The van der Waals surface area contributed by atoms with Gasteiger partial charge in [0.1, 0.15) is 0 Å². The number of benzene rings is 1. The van der Waals surface area contributed by atoms with Gasteiger partial charge in [-0.1, -0.05) is 29.3 Å². The highest BCUT2D eigenvalue weighted by Gasteiger charge is 2.39. The van der Waals surface area contributed by atoms with E-state index in [1.165, 1.54) is 19.4 Å². The second-order valence-corrected chi connectivity index (χ2v) is 9.80. The van der Waals surface area contributed by atoms with Crippen molar-refractivity contribution in [2.45, 2.75) is 31.6 Å². The Bertz CT molecular complexity index is 794. The number of carbonyl (C=O) groups is 2. The summed E-state index contributed by atoms with van der Waals surface area (Å²) < 4.78 is 0. The van der Waals surface area contributed by atoms with Gasteiger partial charge in [-0.2, -0.15) is 0 Å². The number of nitrogens with one attached hydrogen (secondary N) is 1. The average molecular weight is 454 g/mol. The van der Waals surface area contributed by atoms with Gasteiger partial charge in [0.05, 0.1) is 10.0 Å². The minimum Gasteiger partial charge on any atom is -0.465 e. The third-order valence-corrected chi connectivity index (χ3v) is 7.53. The molecule has 2 aliphatic heterocycles. The Kier molecular flexibility index (Phi) is 6.75. The minimum absolute atomic E-state index is 0.0113. The van der Waals surface area contributed by atoms with Crippen molar-refractivity contribution < 1.29 is 14.7 Å². The van der Waals surface area contributed by atoms with Crippen LogP contribution in [-0.4, -0.2) is 66.2 Å². The highest BCUT2D eigenvalue weighted by atomic mass is 35.5. The second kappa shape index (κ2) is 9.33. The molecule has 1 aliphatic carbocycles.